The van der Waals surface area contributed by atoms with Crippen molar-refractivity contribution in [3.05, 3.63) is 45.6 Å². The number of hydrogen-bond donors (Lipinski definition) is 3. The van der Waals surface area contributed by atoms with Crippen molar-refractivity contribution in [3.63, 3.8) is 0 Å². The summed E-state index contributed by atoms with van der Waals surface area (Å²) >= 11 is 1.49. The number of carbonyl (C=O) groups excluding carboxylic acids is 1. The molecule has 0 spiro atoms. The zero-order valence-electron chi connectivity index (χ0n) is 11.0. The smallest absolute Gasteiger partial charge is 0.272 e. The number of thiophene rings is 1. The van der Waals surface area contributed by atoms with Crippen LogP contribution >= 0.6 is 11.3 Å². The normalized spacial score (nSPS) is 11.4. The Kier molecular flexibility index (Phi) is 4.05. The predicted molar refractivity (Wildman–Crippen MR) is 78.5 cm³/mol. The highest BCUT2D eigenvalue weighted by Crippen LogP contribution is 2.22. The van der Waals surface area contributed by atoms with Gasteiger partial charge in [0.1, 0.15) is 11.5 Å². The van der Waals surface area contributed by atoms with E-state index >= 15 is 0 Å². The molecule has 2 aromatic rings. The molecule has 5 nitrogen and oxygen atoms in total. The maximum absolute atomic E-state index is 11.8. The van der Waals surface area contributed by atoms with E-state index in [1.165, 1.54) is 29.5 Å². The Balaban J connectivity index is 2.15. The van der Waals surface area contributed by atoms with Gasteiger partial charge in [0.25, 0.3) is 5.91 Å². The first-order valence-electron chi connectivity index (χ1n) is 5.89. The van der Waals surface area contributed by atoms with E-state index in [1.54, 1.807) is 18.4 Å². The van der Waals surface area contributed by atoms with Crippen molar-refractivity contribution in [1.29, 1.82) is 0 Å². The maximum Gasteiger partial charge on any atom is 0.272 e. The lowest BCUT2D eigenvalue weighted by Gasteiger charge is -2.05. The van der Waals surface area contributed by atoms with Gasteiger partial charge in [-0.3, -0.25) is 4.79 Å². The molecule has 1 amide bonds. The average molecular weight is 290 g/mol. The van der Waals surface area contributed by atoms with E-state index in [0.717, 1.165) is 4.88 Å². The Bertz CT molecular complexity index is 677. The molecule has 1 aromatic carbocycles. The number of aromatic hydroxyl groups is 2. The van der Waals surface area contributed by atoms with Crippen LogP contribution in [-0.2, 0) is 0 Å². The summed E-state index contributed by atoms with van der Waals surface area (Å²) in [4.78, 5) is 12.9. The zero-order chi connectivity index (χ0) is 14.7. The van der Waals surface area contributed by atoms with Crippen LogP contribution < -0.4 is 5.43 Å². The molecule has 1 heterocycles. The van der Waals surface area contributed by atoms with E-state index < -0.39 is 0 Å². The van der Waals surface area contributed by atoms with Crippen molar-refractivity contribution < 1.29 is 15.0 Å². The minimum Gasteiger partial charge on any atom is -0.508 e. The van der Waals surface area contributed by atoms with Crippen LogP contribution in [0.3, 0.4) is 0 Å². The van der Waals surface area contributed by atoms with Crippen molar-refractivity contribution >= 4 is 23.0 Å². The van der Waals surface area contributed by atoms with E-state index in [9.17, 15) is 15.0 Å². The number of aryl methyl sites for hydroxylation is 1. The van der Waals surface area contributed by atoms with Crippen molar-refractivity contribution in [1.82, 2.24) is 5.43 Å². The van der Waals surface area contributed by atoms with Gasteiger partial charge in [0.2, 0.25) is 0 Å². The summed E-state index contributed by atoms with van der Waals surface area (Å²) in [5, 5.41) is 24.8. The van der Waals surface area contributed by atoms with Gasteiger partial charge in [-0.15, -0.1) is 11.3 Å². The first-order chi connectivity index (χ1) is 9.47. The van der Waals surface area contributed by atoms with Crippen LogP contribution in [0.2, 0.25) is 0 Å². The number of phenols is 2. The highest BCUT2D eigenvalue weighted by Gasteiger charge is 2.09. The fourth-order valence-electron chi connectivity index (χ4n) is 1.64. The minimum atomic E-state index is -0.312. The van der Waals surface area contributed by atoms with Gasteiger partial charge in [0.15, 0.2) is 0 Å². The number of rotatable bonds is 3. The first-order valence-corrected chi connectivity index (χ1v) is 6.77. The summed E-state index contributed by atoms with van der Waals surface area (Å²) in [6.07, 6.45) is 0. The molecule has 6 heteroatoms. The lowest BCUT2D eigenvalue weighted by atomic mass is 10.1. The van der Waals surface area contributed by atoms with Crippen molar-refractivity contribution in [3.8, 4) is 11.5 Å². The van der Waals surface area contributed by atoms with Crippen LogP contribution in [0, 0.1) is 6.92 Å². The van der Waals surface area contributed by atoms with Gasteiger partial charge < -0.3 is 10.2 Å². The molecule has 0 saturated carbocycles. The molecule has 0 saturated heterocycles. The van der Waals surface area contributed by atoms with E-state index in [4.69, 9.17) is 0 Å². The van der Waals surface area contributed by atoms with Crippen molar-refractivity contribution in [2.75, 3.05) is 0 Å². The van der Waals surface area contributed by atoms with Crippen molar-refractivity contribution in [2.45, 2.75) is 13.8 Å². The highest BCUT2D eigenvalue weighted by molar-refractivity contribution is 7.10. The Labute approximate surface area is 120 Å². The quantitative estimate of drug-likeness (QED) is 0.461. The van der Waals surface area contributed by atoms with Gasteiger partial charge in [-0.25, -0.2) is 5.43 Å². The fraction of sp³-hybridized carbons (Fsp3) is 0.143. The van der Waals surface area contributed by atoms with Gasteiger partial charge in [0.05, 0.1) is 11.3 Å². The van der Waals surface area contributed by atoms with Gasteiger partial charge in [-0.1, -0.05) is 0 Å². The molecule has 0 unspecified atom stereocenters. The summed E-state index contributed by atoms with van der Waals surface area (Å²) in [7, 11) is 0. The second kappa shape index (κ2) is 5.75. The first kappa shape index (κ1) is 14.1. The molecule has 104 valence electrons. The van der Waals surface area contributed by atoms with Gasteiger partial charge in [-0.2, -0.15) is 5.10 Å². The van der Waals surface area contributed by atoms with Gasteiger partial charge in [0, 0.05) is 15.8 Å². The number of carbonyl (C=O) groups is 1. The number of nitrogens with one attached hydrogen (secondary N) is 1. The lowest BCUT2D eigenvalue weighted by molar-refractivity contribution is 0.0955. The van der Waals surface area contributed by atoms with Crippen molar-refractivity contribution in [2.24, 2.45) is 5.10 Å². The number of phenolic OH excluding ortho intramolecular Hbond substituents is 2. The Hall–Kier alpha value is -2.34. The predicted octanol–water partition coefficient (Wildman–Crippen LogP) is 2.62. The monoisotopic (exact) mass is 290 g/mol. The topological polar surface area (TPSA) is 81.9 Å². The summed E-state index contributed by atoms with van der Waals surface area (Å²) in [6.45, 7) is 3.55. The second-order valence-corrected chi connectivity index (χ2v) is 5.40. The third kappa shape index (κ3) is 3.16. The number of hydrogen-bond acceptors (Lipinski definition) is 5. The van der Waals surface area contributed by atoms with E-state index in [0.29, 0.717) is 16.8 Å². The van der Waals surface area contributed by atoms with Crippen LogP contribution in [0.4, 0.5) is 0 Å². The number of benzene rings is 1. The summed E-state index contributed by atoms with van der Waals surface area (Å²) in [5.74, 6) is -0.301. The van der Waals surface area contributed by atoms with E-state index in [1.807, 2.05) is 6.92 Å². The van der Waals surface area contributed by atoms with Crippen LogP contribution in [0.5, 0.6) is 11.5 Å². The molecule has 0 radical (unpaired) electrons. The molecular formula is C14H14N2O3S. The van der Waals surface area contributed by atoms with Crippen LogP contribution in [0.15, 0.2) is 34.7 Å². The van der Waals surface area contributed by atoms with Gasteiger partial charge >= 0.3 is 0 Å². The molecular weight excluding hydrogens is 276 g/mol. The number of hydrazone groups is 1. The largest absolute Gasteiger partial charge is 0.508 e. The summed E-state index contributed by atoms with van der Waals surface area (Å²) in [6, 6.07) is 5.90. The summed E-state index contributed by atoms with van der Waals surface area (Å²) in [5.41, 5.74) is 3.73. The summed E-state index contributed by atoms with van der Waals surface area (Å²) < 4.78 is 0. The third-order valence-corrected chi connectivity index (χ3v) is 3.55. The Morgan fingerprint density at radius 3 is 2.70 bits per heavy atom. The molecule has 0 fully saturated rings. The second-order valence-electron chi connectivity index (χ2n) is 4.29. The molecule has 3 N–H and O–H groups in total. The molecule has 0 bridgehead atoms. The zero-order valence-corrected chi connectivity index (χ0v) is 11.9. The molecule has 0 aliphatic rings. The SMILES string of the molecule is C/C(=N/NC(=O)c1csc(C)c1)c1cc(O)ccc1O. The van der Waals surface area contributed by atoms with Crippen LogP contribution in [0.25, 0.3) is 0 Å². The molecule has 0 aliphatic heterocycles. The van der Waals surface area contributed by atoms with Gasteiger partial charge in [-0.05, 0) is 38.1 Å². The highest BCUT2D eigenvalue weighted by atomic mass is 32.1. The van der Waals surface area contributed by atoms with E-state index in [2.05, 4.69) is 10.5 Å². The average Bonchev–Trinajstić information content (AvgIpc) is 2.85. The third-order valence-electron chi connectivity index (χ3n) is 2.69. The number of amides is 1. The number of nitrogens with zero attached hydrogens (tertiary/aromatic N) is 1. The maximum atomic E-state index is 11.8. The fourth-order valence-corrected chi connectivity index (χ4v) is 2.32. The Morgan fingerprint density at radius 1 is 1.30 bits per heavy atom. The lowest BCUT2D eigenvalue weighted by Crippen LogP contribution is -2.18. The Morgan fingerprint density at radius 2 is 2.05 bits per heavy atom. The van der Waals surface area contributed by atoms with Crippen LogP contribution in [-0.4, -0.2) is 21.8 Å². The minimum absolute atomic E-state index is 0.00956. The molecule has 0 aliphatic carbocycles. The standard InChI is InChI=1S/C14H14N2O3S/c1-8-5-10(7-20-8)14(19)16-15-9(2)12-6-11(17)3-4-13(12)18/h3-7,17-18H,1-2H3,(H,16,19)/b15-9-. The molecule has 0 atom stereocenters. The molecule has 20 heavy (non-hydrogen) atoms. The molecule has 2 rings (SSSR count). The van der Waals surface area contributed by atoms with E-state index in [-0.39, 0.29) is 17.4 Å². The van der Waals surface area contributed by atoms with Crippen LogP contribution in [0.1, 0.15) is 27.7 Å². The molecule has 1 aromatic heterocycles.